The fourth-order valence-corrected chi connectivity index (χ4v) is 4.89. The lowest BCUT2D eigenvalue weighted by Crippen LogP contribution is -2.58. The molecule has 0 bridgehead atoms. The third kappa shape index (κ3) is 7.29. The summed E-state index contributed by atoms with van der Waals surface area (Å²) >= 11 is 1.79. The van der Waals surface area contributed by atoms with E-state index in [1.165, 1.54) is 0 Å². The molecule has 2 aromatic rings. The first-order valence-electron chi connectivity index (χ1n) is 11.4. The van der Waals surface area contributed by atoms with Gasteiger partial charge in [0, 0.05) is 42.1 Å². The Morgan fingerprint density at radius 3 is 2.61 bits per heavy atom. The summed E-state index contributed by atoms with van der Waals surface area (Å²) < 4.78 is 9.46. The summed E-state index contributed by atoms with van der Waals surface area (Å²) in [6, 6.07) is 16.9. The van der Waals surface area contributed by atoms with Gasteiger partial charge in [-0.2, -0.15) is 0 Å². The molecule has 0 amide bonds. The smallest absolute Gasteiger partial charge is 0.216 e. The Kier molecular flexibility index (Phi) is 9.35. The average molecular weight is 444 g/mol. The van der Waals surface area contributed by atoms with E-state index in [9.17, 15) is 5.11 Å². The van der Waals surface area contributed by atoms with Gasteiger partial charge in [0.2, 0.25) is 6.41 Å². The highest BCUT2D eigenvalue weighted by Gasteiger charge is 2.36. The quantitative estimate of drug-likeness (QED) is 0.409. The fraction of sp³-hybridized carbons (Fsp3) is 0.560. The highest BCUT2D eigenvalue weighted by Crippen LogP contribution is 2.26. The van der Waals surface area contributed by atoms with Crippen molar-refractivity contribution in [1.82, 2.24) is 14.6 Å². The minimum absolute atomic E-state index is 0.0289. The topological polar surface area (TPSA) is 57.6 Å². The summed E-state index contributed by atoms with van der Waals surface area (Å²) in [5.74, 6) is 1.70. The molecule has 3 rings (SSSR count). The van der Waals surface area contributed by atoms with Crippen LogP contribution < -0.4 is 4.72 Å². The Balaban J connectivity index is 1.80. The maximum absolute atomic E-state index is 10.8. The van der Waals surface area contributed by atoms with Crippen molar-refractivity contribution in [1.29, 1.82) is 0 Å². The Morgan fingerprint density at radius 1 is 1.13 bits per heavy atom. The third-order valence-electron chi connectivity index (χ3n) is 5.45. The van der Waals surface area contributed by atoms with Gasteiger partial charge in [0.25, 0.3) is 0 Å². The molecule has 1 saturated heterocycles. The number of ether oxygens (including phenoxy) is 1. The van der Waals surface area contributed by atoms with E-state index >= 15 is 0 Å². The Labute approximate surface area is 191 Å². The standard InChI is InChI=1S/C25H37N3O2S/c1-18(2)17-31-27-23-14-9-15-28(25(29)30-19(3)4)24(23)16-21-12-8-13-22(26-21)20-10-6-5-7-11-20/h5-8,10-13,18-19,23-25,27,29H,9,14-17H2,1-4H3. The summed E-state index contributed by atoms with van der Waals surface area (Å²) in [7, 11) is 0. The number of nitrogens with one attached hydrogen (secondary N) is 1. The molecule has 0 spiro atoms. The molecule has 6 heteroatoms. The highest BCUT2D eigenvalue weighted by molar-refractivity contribution is 7.97. The van der Waals surface area contributed by atoms with Crippen molar-refractivity contribution in [3.05, 3.63) is 54.2 Å². The second-order valence-corrected chi connectivity index (χ2v) is 9.83. The van der Waals surface area contributed by atoms with E-state index in [1.54, 1.807) is 11.9 Å². The zero-order valence-electron chi connectivity index (χ0n) is 19.2. The van der Waals surface area contributed by atoms with Gasteiger partial charge in [0.15, 0.2) is 0 Å². The molecular formula is C25H37N3O2S. The number of nitrogens with zero attached hydrogens (tertiary/aromatic N) is 2. The first kappa shape index (κ1) is 24.2. The van der Waals surface area contributed by atoms with Crippen molar-refractivity contribution < 1.29 is 9.84 Å². The lowest BCUT2D eigenvalue weighted by atomic mass is 9.93. The first-order chi connectivity index (χ1) is 14.9. The van der Waals surface area contributed by atoms with Crippen molar-refractivity contribution in [3.63, 3.8) is 0 Å². The number of aliphatic hydroxyl groups is 1. The van der Waals surface area contributed by atoms with Gasteiger partial charge < -0.3 is 9.84 Å². The summed E-state index contributed by atoms with van der Waals surface area (Å²) in [6.07, 6.45) is 1.95. The molecule has 3 atom stereocenters. The van der Waals surface area contributed by atoms with Crippen LogP contribution in [0.4, 0.5) is 0 Å². The van der Waals surface area contributed by atoms with E-state index in [1.807, 2.05) is 32.0 Å². The molecule has 0 aliphatic carbocycles. The number of benzene rings is 1. The van der Waals surface area contributed by atoms with Gasteiger partial charge in [0.1, 0.15) is 0 Å². The molecule has 5 nitrogen and oxygen atoms in total. The second-order valence-electron chi connectivity index (χ2n) is 8.97. The van der Waals surface area contributed by atoms with Gasteiger partial charge in [-0.25, -0.2) is 0 Å². The number of hydrogen-bond acceptors (Lipinski definition) is 6. The van der Waals surface area contributed by atoms with Gasteiger partial charge in [0.05, 0.1) is 11.8 Å². The zero-order chi connectivity index (χ0) is 22.2. The van der Waals surface area contributed by atoms with E-state index in [2.05, 4.69) is 53.8 Å². The van der Waals surface area contributed by atoms with Gasteiger partial charge >= 0.3 is 0 Å². The fourth-order valence-electron chi connectivity index (χ4n) is 3.97. The second kappa shape index (κ2) is 12.0. The molecular weight excluding hydrogens is 406 g/mol. The van der Waals surface area contributed by atoms with Crippen molar-refractivity contribution in [2.75, 3.05) is 12.3 Å². The van der Waals surface area contributed by atoms with E-state index in [0.717, 1.165) is 48.5 Å². The van der Waals surface area contributed by atoms with Crippen molar-refractivity contribution in [2.45, 2.75) is 71.6 Å². The van der Waals surface area contributed by atoms with E-state index in [0.29, 0.717) is 5.92 Å². The van der Waals surface area contributed by atoms with E-state index in [-0.39, 0.29) is 18.2 Å². The number of hydrogen-bond donors (Lipinski definition) is 2. The zero-order valence-corrected chi connectivity index (χ0v) is 20.0. The predicted octanol–water partition coefficient (Wildman–Crippen LogP) is 4.72. The number of aromatic nitrogens is 1. The summed E-state index contributed by atoms with van der Waals surface area (Å²) in [6.45, 7) is 9.21. The maximum Gasteiger partial charge on any atom is 0.216 e. The minimum atomic E-state index is -0.901. The van der Waals surface area contributed by atoms with Crippen LogP contribution in [0.3, 0.4) is 0 Å². The molecule has 1 aromatic heterocycles. The van der Waals surface area contributed by atoms with Crippen LogP contribution in [-0.2, 0) is 11.2 Å². The Morgan fingerprint density at radius 2 is 1.90 bits per heavy atom. The highest BCUT2D eigenvalue weighted by atomic mass is 32.2. The van der Waals surface area contributed by atoms with Crippen LogP contribution in [0.15, 0.2) is 48.5 Å². The lowest BCUT2D eigenvalue weighted by Gasteiger charge is -2.43. The molecule has 3 unspecified atom stereocenters. The molecule has 1 aliphatic heterocycles. The van der Waals surface area contributed by atoms with Gasteiger partial charge in [-0.05, 0) is 44.7 Å². The lowest BCUT2D eigenvalue weighted by molar-refractivity contribution is -0.229. The molecule has 2 heterocycles. The Hall–Kier alpha value is -1.44. The largest absolute Gasteiger partial charge is 0.356 e. The van der Waals surface area contributed by atoms with Crippen LogP contribution in [0, 0.1) is 5.92 Å². The van der Waals surface area contributed by atoms with Gasteiger partial charge in [-0.3, -0.25) is 14.6 Å². The summed E-state index contributed by atoms with van der Waals surface area (Å²) in [5, 5.41) is 10.8. The van der Waals surface area contributed by atoms with Gasteiger partial charge in [-0.15, -0.1) is 0 Å². The first-order valence-corrected chi connectivity index (χ1v) is 12.4. The van der Waals surface area contributed by atoms with E-state index in [4.69, 9.17) is 9.72 Å². The van der Waals surface area contributed by atoms with Crippen molar-refractivity contribution in [3.8, 4) is 11.3 Å². The maximum atomic E-state index is 10.8. The molecule has 1 aromatic carbocycles. The average Bonchev–Trinajstić information content (AvgIpc) is 2.75. The van der Waals surface area contributed by atoms with Crippen LogP contribution >= 0.6 is 11.9 Å². The SMILES string of the molecule is CC(C)CSNC1CCCN(C(O)OC(C)C)C1Cc1cccc(-c2ccccc2)n1. The van der Waals surface area contributed by atoms with Crippen LogP contribution in [-0.4, -0.2) is 51.9 Å². The molecule has 31 heavy (non-hydrogen) atoms. The predicted molar refractivity (Wildman–Crippen MR) is 130 cm³/mol. The van der Waals surface area contributed by atoms with E-state index < -0.39 is 6.41 Å². The van der Waals surface area contributed by atoms with Crippen LogP contribution in [0.25, 0.3) is 11.3 Å². The van der Waals surface area contributed by atoms with Crippen molar-refractivity contribution >= 4 is 11.9 Å². The summed E-state index contributed by atoms with van der Waals surface area (Å²) in [4.78, 5) is 7.06. The number of likely N-dealkylation sites (tertiary alicyclic amines) is 1. The molecule has 2 N–H and O–H groups in total. The number of aliphatic hydroxyl groups excluding tert-OH is 1. The van der Waals surface area contributed by atoms with Crippen molar-refractivity contribution in [2.24, 2.45) is 5.92 Å². The molecule has 0 radical (unpaired) electrons. The molecule has 0 saturated carbocycles. The Bertz CT molecular complexity index is 787. The van der Waals surface area contributed by atoms with Crippen LogP contribution in [0.2, 0.25) is 0 Å². The van der Waals surface area contributed by atoms with Crippen LogP contribution in [0.1, 0.15) is 46.2 Å². The molecule has 170 valence electrons. The minimum Gasteiger partial charge on any atom is -0.356 e. The third-order valence-corrected chi connectivity index (χ3v) is 6.75. The van der Waals surface area contributed by atoms with Crippen LogP contribution in [0.5, 0.6) is 0 Å². The summed E-state index contributed by atoms with van der Waals surface area (Å²) in [5.41, 5.74) is 3.14. The van der Waals surface area contributed by atoms with Gasteiger partial charge in [-0.1, -0.05) is 62.2 Å². The number of piperidine rings is 1. The molecule has 1 fully saturated rings. The normalized spacial score (nSPS) is 21.0. The number of pyridine rings is 1. The monoisotopic (exact) mass is 443 g/mol. The molecule has 1 aliphatic rings. The number of rotatable bonds is 10.